The standard InChI is InChI=1S/C21H24N4O6/c1-14-11-16(25(28)29)4-5-17(14)23-20(26)13-22-18-12-15(3-6-19(18)30-2)21(27)24-7-9-31-10-8-24/h3-6,11-12,22H,7-10,13H2,1-2H3,(H,23,26). The minimum Gasteiger partial charge on any atom is -0.495 e. The van der Waals surface area contributed by atoms with E-state index in [0.29, 0.717) is 54.6 Å². The van der Waals surface area contributed by atoms with Crippen molar-refractivity contribution in [1.82, 2.24) is 4.90 Å². The number of nitrogens with one attached hydrogen (secondary N) is 2. The summed E-state index contributed by atoms with van der Waals surface area (Å²) >= 11 is 0. The second-order valence-electron chi connectivity index (χ2n) is 6.98. The maximum absolute atomic E-state index is 12.7. The lowest BCUT2D eigenvalue weighted by Crippen LogP contribution is -2.40. The number of anilines is 2. The fraction of sp³-hybridized carbons (Fsp3) is 0.333. The van der Waals surface area contributed by atoms with E-state index < -0.39 is 4.92 Å². The number of carbonyl (C=O) groups is 2. The number of methoxy groups -OCH3 is 1. The zero-order valence-electron chi connectivity index (χ0n) is 17.3. The molecule has 164 valence electrons. The van der Waals surface area contributed by atoms with Crippen LogP contribution in [0.2, 0.25) is 0 Å². The third kappa shape index (κ3) is 5.48. The van der Waals surface area contributed by atoms with Crippen molar-refractivity contribution < 1.29 is 24.0 Å². The number of aryl methyl sites for hydroxylation is 1. The molecule has 1 fully saturated rings. The van der Waals surface area contributed by atoms with Crippen molar-refractivity contribution in [2.45, 2.75) is 6.92 Å². The molecule has 0 bridgehead atoms. The van der Waals surface area contributed by atoms with Gasteiger partial charge in [0.2, 0.25) is 5.91 Å². The Bertz CT molecular complexity index is 988. The SMILES string of the molecule is COc1ccc(C(=O)N2CCOCC2)cc1NCC(=O)Nc1ccc([N+](=O)[O-])cc1C. The van der Waals surface area contributed by atoms with Gasteiger partial charge in [-0.1, -0.05) is 0 Å². The van der Waals surface area contributed by atoms with Crippen LogP contribution in [0, 0.1) is 17.0 Å². The summed E-state index contributed by atoms with van der Waals surface area (Å²) in [7, 11) is 1.50. The first-order valence-electron chi connectivity index (χ1n) is 9.73. The molecule has 0 atom stereocenters. The number of nitro benzene ring substituents is 1. The molecular formula is C21H24N4O6. The molecule has 2 aromatic carbocycles. The summed E-state index contributed by atoms with van der Waals surface area (Å²) in [4.78, 5) is 37.2. The molecule has 1 heterocycles. The maximum Gasteiger partial charge on any atom is 0.269 e. The number of non-ortho nitro benzene ring substituents is 1. The number of benzene rings is 2. The Balaban J connectivity index is 1.66. The van der Waals surface area contributed by atoms with Crippen molar-refractivity contribution >= 4 is 28.9 Å². The van der Waals surface area contributed by atoms with E-state index in [1.165, 1.54) is 25.3 Å². The van der Waals surface area contributed by atoms with Gasteiger partial charge in [0.25, 0.3) is 11.6 Å². The summed E-state index contributed by atoms with van der Waals surface area (Å²) < 4.78 is 10.6. The lowest BCUT2D eigenvalue weighted by atomic mass is 10.1. The predicted octanol–water partition coefficient (Wildman–Crippen LogP) is 2.43. The Morgan fingerprint density at radius 3 is 2.55 bits per heavy atom. The topological polar surface area (TPSA) is 123 Å². The van der Waals surface area contributed by atoms with E-state index in [9.17, 15) is 19.7 Å². The van der Waals surface area contributed by atoms with E-state index in [1.807, 2.05) is 0 Å². The van der Waals surface area contributed by atoms with E-state index >= 15 is 0 Å². The van der Waals surface area contributed by atoms with Crippen molar-refractivity contribution in [2.24, 2.45) is 0 Å². The van der Waals surface area contributed by atoms with Crippen LogP contribution in [0.5, 0.6) is 5.75 Å². The first-order valence-corrected chi connectivity index (χ1v) is 9.73. The molecule has 0 spiro atoms. The van der Waals surface area contributed by atoms with Crippen molar-refractivity contribution in [2.75, 3.05) is 50.6 Å². The highest BCUT2D eigenvalue weighted by Crippen LogP contribution is 2.26. The summed E-state index contributed by atoms with van der Waals surface area (Å²) in [6.45, 7) is 3.68. The zero-order chi connectivity index (χ0) is 22.4. The number of nitro groups is 1. The Hall–Kier alpha value is -3.66. The van der Waals surface area contributed by atoms with Gasteiger partial charge in [0.1, 0.15) is 5.75 Å². The maximum atomic E-state index is 12.7. The van der Waals surface area contributed by atoms with Gasteiger partial charge in [0, 0.05) is 36.5 Å². The van der Waals surface area contributed by atoms with Crippen LogP contribution >= 0.6 is 0 Å². The lowest BCUT2D eigenvalue weighted by molar-refractivity contribution is -0.384. The molecule has 1 aliphatic heterocycles. The first kappa shape index (κ1) is 22.0. The first-order chi connectivity index (χ1) is 14.9. The van der Waals surface area contributed by atoms with Gasteiger partial charge in [-0.15, -0.1) is 0 Å². The van der Waals surface area contributed by atoms with E-state index in [4.69, 9.17) is 9.47 Å². The Labute approximate surface area is 179 Å². The van der Waals surface area contributed by atoms with Crippen LogP contribution in [0.25, 0.3) is 0 Å². The number of hydrogen-bond donors (Lipinski definition) is 2. The molecule has 0 unspecified atom stereocenters. The fourth-order valence-electron chi connectivity index (χ4n) is 3.20. The quantitative estimate of drug-likeness (QED) is 0.513. The molecule has 3 rings (SSSR count). The highest BCUT2D eigenvalue weighted by atomic mass is 16.6. The molecule has 0 aromatic heterocycles. The van der Waals surface area contributed by atoms with Crippen LogP contribution in [-0.4, -0.2) is 61.6 Å². The second kappa shape index (κ2) is 9.90. The molecule has 1 saturated heterocycles. The summed E-state index contributed by atoms with van der Waals surface area (Å²) in [5.41, 5.74) is 2.02. The van der Waals surface area contributed by atoms with Crippen LogP contribution in [0.3, 0.4) is 0 Å². The van der Waals surface area contributed by atoms with E-state index in [1.54, 1.807) is 30.0 Å². The summed E-state index contributed by atoms with van der Waals surface area (Å²) in [6, 6.07) is 9.23. The summed E-state index contributed by atoms with van der Waals surface area (Å²) in [5, 5.41) is 16.6. The van der Waals surface area contributed by atoms with Gasteiger partial charge < -0.3 is 25.0 Å². The van der Waals surface area contributed by atoms with E-state index in [2.05, 4.69) is 10.6 Å². The lowest BCUT2D eigenvalue weighted by Gasteiger charge is -2.27. The molecule has 0 radical (unpaired) electrons. The van der Waals surface area contributed by atoms with Crippen molar-refractivity contribution in [3.05, 3.63) is 57.6 Å². The molecule has 2 amide bonds. The predicted molar refractivity (Wildman–Crippen MR) is 115 cm³/mol. The smallest absolute Gasteiger partial charge is 0.269 e. The highest BCUT2D eigenvalue weighted by Gasteiger charge is 2.20. The van der Waals surface area contributed by atoms with Crippen LogP contribution in [0.1, 0.15) is 15.9 Å². The average Bonchev–Trinajstić information content (AvgIpc) is 2.78. The fourth-order valence-corrected chi connectivity index (χ4v) is 3.20. The molecule has 1 aliphatic rings. The number of nitrogens with zero attached hydrogens (tertiary/aromatic N) is 2. The number of morpholine rings is 1. The molecule has 10 heteroatoms. The Kier molecular flexibility index (Phi) is 7.03. The number of ether oxygens (including phenoxy) is 2. The largest absolute Gasteiger partial charge is 0.495 e. The normalized spacial score (nSPS) is 13.4. The minimum atomic E-state index is -0.488. The van der Waals surface area contributed by atoms with Gasteiger partial charge in [0.05, 0.1) is 37.5 Å². The second-order valence-corrected chi connectivity index (χ2v) is 6.98. The summed E-state index contributed by atoms with van der Waals surface area (Å²) in [5.74, 6) is 0.0433. The summed E-state index contributed by atoms with van der Waals surface area (Å²) in [6.07, 6.45) is 0. The number of amides is 2. The van der Waals surface area contributed by atoms with Crippen molar-refractivity contribution in [3.63, 3.8) is 0 Å². The minimum absolute atomic E-state index is 0.0416. The molecule has 10 nitrogen and oxygen atoms in total. The van der Waals surface area contributed by atoms with Crippen LogP contribution < -0.4 is 15.4 Å². The Morgan fingerprint density at radius 1 is 1.16 bits per heavy atom. The molecule has 31 heavy (non-hydrogen) atoms. The highest BCUT2D eigenvalue weighted by molar-refractivity contribution is 5.97. The van der Waals surface area contributed by atoms with Gasteiger partial charge in [-0.3, -0.25) is 19.7 Å². The zero-order valence-corrected chi connectivity index (χ0v) is 17.3. The molecule has 0 saturated carbocycles. The molecule has 2 aromatic rings. The average molecular weight is 428 g/mol. The van der Waals surface area contributed by atoms with Gasteiger partial charge in [-0.05, 0) is 36.8 Å². The monoisotopic (exact) mass is 428 g/mol. The number of hydrogen-bond acceptors (Lipinski definition) is 7. The van der Waals surface area contributed by atoms with Crippen LogP contribution in [-0.2, 0) is 9.53 Å². The molecule has 2 N–H and O–H groups in total. The van der Waals surface area contributed by atoms with E-state index in [0.717, 1.165) is 0 Å². The molecule has 0 aliphatic carbocycles. The third-order valence-corrected chi connectivity index (χ3v) is 4.88. The van der Waals surface area contributed by atoms with Crippen molar-refractivity contribution in [1.29, 1.82) is 0 Å². The van der Waals surface area contributed by atoms with Gasteiger partial charge >= 0.3 is 0 Å². The van der Waals surface area contributed by atoms with E-state index in [-0.39, 0.29) is 24.0 Å². The van der Waals surface area contributed by atoms with Gasteiger partial charge in [-0.2, -0.15) is 0 Å². The van der Waals surface area contributed by atoms with Gasteiger partial charge in [0.15, 0.2) is 0 Å². The van der Waals surface area contributed by atoms with Crippen LogP contribution in [0.4, 0.5) is 17.1 Å². The molecular weight excluding hydrogens is 404 g/mol. The Morgan fingerprint density at radius 2 is 1.90 bits per heavy atom. The van der Waals surface area contributed by atoms with Crippen LogP contribution in [0.15, 0.2) is 36.4 Å². The number of rotatable bonds is 7. The van der Waals surface area contributed by atoms with Crippen molar-refractivity contribution in [3.8, 4) is 5.75 Å². The van der Waals surface area contributed by atoms with Gasteiger partial charge in [-0.25, -0.2) is 0 Å². The number of carbonyl (C=O) groups excluding carboxylic acids is 2. The third-order valence-electron chi connectivity index (χ3n) is 4.88.